The summed E-state index contributed by atoms with van der Waals surface area (Å²) in [5, 5.41) is 6.57. The Morgan fingerprint density at radius 1 is 1.13 bits per heavy atom. The van der Waals surface area contributed by atoms with E-state index in [1.165, 1.54) is 13.5 Å². The van der Waals surface area contributed by atoms with E-state index in [1.807, 2.05) is 11.8 Å². The number of esters is 1. The van der Waals surface area contributed by atoms with Gasteiger partial charge in [0.2, 0.25) is 5.91 Å². The molecule has 7 atom stereocenters. The number of amides is 3. The number of piperidine rings is 1. The van der Waals surface area contributed by atoms with Crippen LogP contribution in [0.1, 0.15) is 93.4 Å². The molecule has 8 heteroatoms. The summed E-state index contributed by atoms with van der Waals surface area (Å²) in [6, 6.07) is -1.64. The predicted octanol–water partition coefficient (Wildman–Crippen LogP) is 5.54. The Morgan fingerprint density at radius 2 is 1.79 bits per heavy atom. The topological polar surface area (TPSA) is 87.7 Å². The van der Waals surface area contributed by atoms with Crippen molar-refractivity contribution in [3.8, 4) is 0 Å². The molecule has 0 unspecified atom stereocenters. The lowest BCUT2D eigenvalue weighted by Crippen LogP contribution is -2.65. The van der Waals surface area contributed by atoms with Gasteiger partial charge in [-0.1, -0.05) is 61.0 Å². The minimum absolute atomic E-state index is 0.0183. The van der Waals surface area contributed by atoms with Crippen LogP contribution >= 0.6 is 11.8 Å². The number of urea groups is 1. The first-order valence-electron chi connectivity index (χ1n) is 15.0. The number of nitrogens with one attached hydrogen (secondary N) is 2. The highest BCUT2D eigenvalue weighted by atomic mass is 32.2. The minimum atomic E-state index is -0.764. The maximum absolute atomic E-state index is 14.2. The number of thioether (sulfide) groups is 1. The van der Waals surface area contributed by atoms with E-state index in [1.54, 1.807) is 4.90 Å². The zero-order valence-corrected chi connectivity index (χ0v) is 26.2. The number of likely N-dealkylation sites (tertiary alicyclic amines) is 1. The summed E-state index contributed by atoms with van der Waals surface area (Å²) >= 11 is 1.89. The van der Waals surface area contributed by atoms with Crippen molar-refractivity contribution in [2.45, 2.75) is 116 Å². The summed E-state index contributed by atoms with van der Waals surface area (Å²) in [5.74, 6) is 1.35. The maximum atomic E-state index is 14.2. The zero-order chi connectivity index (χ0) is 28.8. The first-order chi connectivity index (χ1) is 18.2. The van der Waals surface area contributed by atoms with Gasteiger partial charge in [0.25, 0.3) is 0 Å². The van der Waals surface area contributed by atoms with E-state index in [2.05, 4.69) is 65.2 Å². The number of rotatable bonds is 7. The minimum Gasteiger partial charge on any atom is -0.467 e. The number of nitrogens with zero attached hydrogens (tertiary/aromatic N) is 1. The van der Waals surface area contributed by atoms with Gasteiger partial charge in [-0.3, -0.25) is 4.79 Å². The third-order valence-corrected chi connectivity index (χ3v) is 11.8. The molecule has 3 aliphatic carbocycles. The molecule has 1 saturated heterocycles. The van der Waals surface area contributed by atoms with E-state index >= 15 is 0 Å². The van der Waals surface area contributed by atoms with Crippen molar-refractivity contribution in [2.24, 2.45) is 29.1 Å². The molecule has 3 fully saturated rings. The number of carbonyl (C=O) groups is 3. The largest absolute Gasteiger partial charge is 0.467 e. The Morgan fingerprint density at radius 3 is 2.36 bits per heavy atom. The van der Waals surface area contributed by atoms with Gasteiger partial charge in [-0.05, 0) is 67.3 Å². The summed E-state index contributed by atoms with van der Waals surface area (Å²) in [6.07, 6.45) is 9.22. The summed E-state index contributed by atoms with van der Waals surface area (Å²) in [5.41, 5.74) is 0.639. The van der Waals surface area contributed by atoms with Gasteiger partial charge in [-0.2, -0.15) is 11.8 Å². The van der Waals surface area contributed by atoms with Crippen molar-refractivity contribution >= 4 is 29.7 Å². The summed E-state index contributed by atoms with van der Waals surface area (Å²) in [7, 11) is 1.39. The van der Waals surface area contributed by atoms with Gasteiger partial charge in [0, 0.05) is 23.0 Å². The third-order valence-electron chi connectivity index (χ3n) is 10.3. The molecule has 0 bridgehead atoms. The molecule has 0 radical (unpaired) electrons. The number of methoxy groups -OCH3 is 1. The van der Waals surface area contributed by atoms with Crippen LogP contribution in [0, 0.1) is 29.1 Å². The average molecular weight is 562 g/mol. The fourth-order valence-corrected chi connectivity index (χ4v) is 8.83. The van der Waals surface area contributed by atoms with Gasteiger partial charge >= 0.3 is 12.0 Å². The van der Waals surface area contributed by atoms with E-state index < -0.39 is 12.1 Å². The molecule has 4 rings (SSSR count). The highest BCUT2D eigenvalue weighted by Crippen LogP contribution is 2.65. The fourth-order valence-electron chi connectivity index (χ4n) is 7.52. The zero-order valence-electron chi connectivity index (χ0n) is 25.4. The van der Waals surface area contributed by atoms with Gasteiger partial charge in [0.1, 0.15) is 12.1 Å². The number of carbonyl (C=O) groups excluding carboxylic acids is 3. The molecule has 4 aliphatic rings. The lowest BCUT2D eigenvalue weighted by atomic mass is 9.68. The average Bonchev–Trinajstić information content (AvgIpc) is 3.20. The van der Waals surface area contributed by atoms with Gasteiger partial charge in [0.15, 0.2) is 0 Å². The molecule has 220 valence electrons. The summed E-state index contributed by atoms with van der Waals surface area (Å²) in [6.45, 7) is 16.0. The SMILES string of the molecule is COC(=O)[C@@H]1[C@@H]2[C@H](CN1C(=O)[C@@H](NC(=O)N[C@@]1(CSC(C)(C)C)[C@H](C)CCC[C@@H]1C)C1=CCCCC1)C2(C)C. The molecule has 39 heavy (non-hydrogen) atoms. The van der Waals surface area contributed by atoms with Crippen LogP contribution in [-0.2, 0) is 14.3 Å². The second kappa shape index (κ2) is 11.3. The maximum Gasteiger partial charge on any atom is 0.328 e. The van der Waals surface area contributed by atoms with Crippen molar-refractivity contribution in [1.29, 1.82) is 0 Å². The Bertz CT molecular complexity index is 977. The van der Waals surface area contributed by atoms with E-state index in [4.69, 9.17) is 4.74 Å². The number of ether oxygens (including phenoxy) is 1. The van der Waals surface area contributed by atoms with Crippen LogP contribution in [-0.4, -0.2) is 64.6 Å². The smallest absolute Gasteiger partial charge is 0.328 e. The van der Waals surface area contributed by atoms with Gasteiger partial charge in [0.05, 0.1) is 12.6 Å². The standard InChI is InChI=1S/C31H51N3O4S/c1-19-13-12-14-20(2)31(19,18-39-29(3,4)5)33-28(37)32-24(21-15-10-9-11-16-21)26(35)34-17-22-23(30(22,6)7)25(34)27(36)38-8/h15,19-20,22-25H,9-14,16-18H2,1-8H3,(H2,32,33,37)/t19-,20+,22-,23-,24-,25-,31+/m0/s1. The van der Waals surface area contributed by atoms with Crippen molar-refractivity contribution in [3.05, 3.63) is 11.6 Å². The molecule has 7 nitrogen and oxygen atoms in total. The van der Waals surface area contributed by atoms with Crippen LogP contribution < -0.4 is 10.6 Å². The van der Waals surface area contributed by atoms with E-state index in [0.717, 1.165) is 49.9 Å². The van der Waals surface area contributed by atoms with Crippen molar-refractivity contribution in [1.82, 2.24) is 15.5 Å². The van der Waals surface area contributed by atoms with E-state index in [0.29, 0.717) is 18.4 Å². The molecular formula is C31H51N3O4S. The van der Waals surface area contributed by atoms with Crippen LogP contribution in [0.5, 0.6) is 0 Å². The fraction of sp³-hybridized carbons (Fsp3) is 0.839. The second-order valence-electron chi connectivity index (χ2n) is 14.1. The normalized spacial score (nSPS) is 34.4. The molecule has 0 aromatic carbocycles. The van der Waals surface area contributed by atoms with Crippen molar-refractivity contribution < 1.29 is 19.1 Å². The van der Waals surface area contributed by atoms with Crippen molar-refractivity contribution in [2.75, 3.05) is 19.4 Å². The first kappa shape index (κ1) is 30.3. The summed E-state index contributed by atoms with van der Waals surface area (Å²) < 4.78 is 5.24. The number of hydrogen-bond acceptors (Lipinski definition) is 5. The van der Waals surface area contributed by atoms with Crippen LogP contribution in [0.2, 0.25) is 0 Å². The highest BCUT2D eigenvalue weighted by molar-refractivity contribution is 8.00. The van der Waals surface area contributed by atoms with Crippen molar-refractivity contribution in [3.63, 3.8) is 0 Å². The molecule has 2 saturated carbocycles. The first-order valence-corrected chi connectivity index (χ1v) is 16.0. The molecule has 0 aromatic rings. The summed E-state index contributed by atoms with van der Waals surface area (Å²) in [4.78, 5) is 42.6. The van der Waals surface area contributed by atoms with Crippen LogP contribution in [0.15, 0.2) is 11.6 Å². The molecule has 0 aromatic heterocycles. The Labute approximate surface area is 240 Å². The number of fused-ring (bicyclic) bond motifs is 1. The van der Waals surface area contributed by atoms with Crippen LogP contribution in [0.4, 0.5) is 4.79 Å². The Kier molecular flexibility index (Phi) is 8.76. The monoisotopic (exact) mass is 561 g/mol. The lowest BCUT2D eigenvalue weighted by molar-refractivity contribution is -0.153. The van der Waals surface area contributed by atoms with Gasteiger partial charge in [-0.25, -0.2) is 9.59 Å². The third kappa shape index (κ3) is 6.01. The predicted molar refractivity (Wildman–Crippen MR) is 157 cm³/mol. The quantitative estimate of drug-likeness (QED) is 0.315. The van der Waals surface area contributed by atoms with Gasteiger partial charge in [-0.15, -0.1) is 0 Å². The highest BCUT2D eigenvalue weighted by Gasteiger charge is 2.70. The molecular weight excluding hydrogens is 510 g/mol. The lowest BCUT2D eigenvalue weighted by Gasteiger charge is -2.49. The van der Waals surface area contributed by atoms with E-state index in [-0.39, 0.29) is 45.4 Å². The molecule has 2 N–H and O–H groups in total. The molecule has 3 amide bonds. The second-order valence-corrected chi connectivity index (χ2v) is 15.9. The van der Waals surface area contributed by atoms with Crippen LogP contribution in [0.3, 0.4) is 0 Å². The number of allylic oxidation sites excluding steroid dienone is 1. The molecule has 1 aliphatic heterocycles. The van der Waals surface area contributed by atoms with Crippen LogP contribution in [0.25, 0.3) is 0 Å². The van der Waals surface area contributed by atoms with E-state index in [9.17, 15) is 14.4 Å². The number of hydrogen-bond donors (Lipinski definition) is 2. The molecule has 1 heterocycles. The van der Waals surface area contributed by atoms with Gasteiger partial charge < -0.3 is 20.3 Å². The molecule has 0 spiro atoms. The Balaban J connectivity index is 1.57. The Hall–Kier alpha value is -1.70.